The summed E-state index contributed by atoms with van der Waals surface area (Å²) in [6.45, 7) is 3.17. The number of rotatable bonds is 6. The molecule has 0 aliphatic heterocycles. The zero-order valence-corrected chi connectivity index (χ0v) is 9.72. The summed E-state index contributed by atoms with van der Waals surface area (Å²) < 4.78 is 5.16. The van der Waals surface area contributed by atoms with Gasteiger partial charge in [0.2, 0.25) is 0 Å². The van der Waals surface area contributed by atoms with Gasteiger partial charge in [-0.3, -0.25) is 0 Å². The summed E-state index contributed by atoms with van der Waals surface area (Å²) in [6.07, 6.45) is 0. The first kappa shape index (κ1) is 12.4. The standard InChI is InChI=1S/C11H17NO2S/c1-9-2-3-10(12)11(8-9)15-7-6-14-5-4-13/h2-3,8,13H,4-7,12H2,1H3. The van der Waals surface area contributed by atoms with Crippen LogP contribution in [0.2, 0.25) is 0 Å². The highest BCUT2D eigenvalue weighted by Crippen LogP contribution is 2.25. The molecule has 0 saturated carbocycles. The maximum Gasteiger partial charge on any atom is 0.0698 e. The number of benzene rings is 1. The summed E-state index contributed by atoms with van der Waals surface area (Å²) >= 11 is 1.68. The second-order valence-corrected chi connectivity index (χ2v) is 4.36. The Hall–Kier alpha value is -0.710. The van der Waals surface area contributed by atoms with Gasteiger partial charge in [-0.15, -0.1) is 11.8 Å². The highest BCUT2D eigenvalue weighted by molar-refractivity contribution is 7.99. The molecule has 0 spiro atoms. The van der Waals surface area contributed by atoms with E-state index in [0.717, 1.165) is 16.3 Å². The van der Waals surface area contributed by atoms with Crippen LogP contribution < -0.4 is 5.73 Å². The molecular formula is C11H17NO2S. The minimum Gasteiger partial charge on any atom is -0.398 e. The first-order valence-electron chi connectivity index (χ1n) is 4.91. The second-order valence-electron chi connectivity index (χ2n) is 3.23. The number of anilines is 1. The molecule has 0 aliphatic rings. The number of nitrogens with two attached hydrogens (primary N) is 1. The van der Waals surface area contributed by atoms with Crippen molar-refractivity contribution in [3.8, 4) is 0 Å². The van der Waals surface area contributed by atoms with E-state index in [4.69, 9.17) is 15.6 Å². The van der Waals surface area contributed by atoms with Crippen molar-refractivity contribution in [2.75, 3.05) is 31.3 Å². The molecule has 0 unspecified atom stereocenters. The Morgan fingerprint density at radius 2 is 2.20 bits per heavy atom. The third-order valence-electron chi connectivity index (χ3n) is 1.89. The Morgan fingerprint density at radius 3 is 2.93 bits per heavy atom. The molecule has 0 aliphatic carbocycles. The first-order chi connectivity index (χ1) is 7.24. The SMILES string of the molecule is Cc1ccc(N)c(SCCOCCO)c1. The predicted molar refractivity (Wildman–Crippen MR) is 64.2 cm³/mol. The molecule has 3 N–H and O–H groups in total. The molecule has 4 heteroatoms. The minimum atomic E-state index is 0.0806. The largest absolute Gasteiger partial charge is 0.398 e. The molecule has 1 aromatic carbocycles. The van der Waals surface area contributed by atoms with Crippen molar-refractivity contribution < 1.29 is 9.84 Å². The fraction of sp³-hybridized carbons (Fsp3) is 0.455. The monoisotopic (exact) mass is 227 g/mol. The van der Waals surface area contributed by atoms with E-state index in [1.807, 2.05) is 19.1 Å². The molecule has 3 nitrogen and oxygen atoms in total. The smallest absolute Gasteiger partial charge is 0.0698 e. The third kappa shape index (κ3) is 4.55. The minimum absolute atomic E-state index is 0.0806. The number of ether oxygens (including phenoxy) is 1. The number of thioether (sulfide) groups is 1. The van der Waals surface area contributed by atoms with Gasteiger partial charge in [0.1, 0.15) is 0 Å². The van der Waals surface area contributed by atoms with E-state index in [1.54, 1.807) is 11.8 Å². The van der Waals surface area contributed by atoms with Gasteiger partial charge in [0, 0.05) is 16.3 Å². The Kier molecular flexibility index (Phi) is 5.53. The van der Waals surface area contributed by atoms with Gasteiger partial charge >= 0.3 is 0 Å². The van der Waals surface area contributed by atoms with E-state index in [9.17, 15) is 0 Å². The van der Waals surface area contributed by atoms with Crippen LogP contribution in [0.5, 0.6) is 0 Å². The maximum atomic E-state index is 8.51. The molecule has 15 heavy (non-hydrogen) atoms. The molecule has 0 saturated heterocycles. The zero-order valence-electron chi connectivity index (χ0n) is 8.90. The maximum absolute atomic E-state index is 8.51. The first-order valence-corrected chi connectivity index (χ1v) is 5.90. The molecule has 0 fully saturated rings. The summed E-state index contributed by atoms with van der Waals surface area (Å²) in [5, 5.41) is 8.51. The molecule has 0 radical (unpaired) electrons. The molecule has 1 aromatic rings. The Bertz CT molecular complexity index is 305. The van der Waals surface area contributed by atoms with E-state index < -0.39 is 0 Å². The molecule has 0 bridgehead atoms. The lowest BCUT2D eigenvalue weighted by Gasteiger charge is -2.06. The van der Waals surface area contributed by atoms with Crippen LogP contribution in [-0.4, -0.2) is 30.7 Å². The van der Waals surface area contributed by atoms with Crippen LogP contribution in [0.25, 0.3) is 0 Å². The van der Waals surface area contributed by atoms with Crippen LogP contribution in [0, 0.1) is 6.92 Å². The van der Waals surface area contributed by atoms with Gasteiger partial charge in [-0.25, -0.2) is 0 Å². The van der Waals surface area contributed by atoms with Crippen molar-refractivity contribution in [1.29, 1.82) is 0 Å². The Balaban J connectivity index is 2.33. The number of aliphatic hydroxyl groups excluding tert-OH is 1. The summed E-state index contributed by atoms with van der Waals surface area (Å²) in [4.78, 5) is 1.10. The Labute approximate surface area is 94.6 Å². The van der Waals surface area contributed by atoms with Gasteiger partial charge in [0.15, 0.2) is 0 Å². The highest BCUT2D eigenvalue weighted by Gasteiger charge is 1.99. The van der Waals surface area contributed by atoms with Gasteiger partial charge < -0.3 is 15.6 Å². The second kappa shape index (κ2) is 6.71. The Morgan fingerprint density at radius 1 is 1.40 bits per heavy atom. The van der Waals surface area contributed by atoms with Crippen molar-refractivity contribution >= 4 is 17.4 Å². The summed E-state index contributed by atoms with van der Waals surface area (Å²) in [5.74, 6) is 0.855. The van der Waals surface area contributed by atoms with E-state index in [2.05, 4.69) is 6.07 Å². The van der Waals surface area contributed by atoms with Crippen molar-refractivity contribution in [2.24, 2.45) is 0 Å². The van der Waals surface area contributed by atoms with E-state index in [-0.39, 0.29) is 6.61 Å². The van der Waals surface area contributed by atoms with Crippen LogP contribution in [0.3, 0.4) is 0 Å². The average molecular weight is 227 g/mol. The lowest BCUT2D eigenvalue weighted by atomic mass is 10.2. The molecule has 0 amide bonds. The molecule has 0 atom stereocenters. The zero-order chi connectivity index (χ0) is 11.1. The van der Waals surface area contributed by atoms with Crippen molar-refractivity contribution in [3.05, 3.63) is 23.8 Å². The van der Waals surface area contributed by atoms with Crippen molar-refractivity contribution in [2.45, 2.75) is 11.8 Å². The summed E-state index contributed by atoms with van der Waals surface area (Å²) in [7, 11) is 0. The molecule has 0 aromatic heterocycles. The van der Waals surface area contributed by atoms with Crippen LogP contribution in [0.4, 0.5) is 5.69 Å². The van der Waals surface area contributed by atoms with Gasteiger partial charge in [-0.2, -0.15) is 0 Å². The molecule has 1 rings (SSSR count). The number of aliphatic hydroxyl groups is 1. The molecular weight excluding hydrogens is 210 g/mol. The van der Waals surface area contributed by atoms with E-state index >= 15 is 0 Å². The normalized spacial score (nSPS) is 10.5. The van der Waals surface area contributed by atoms with E-state index in [1.165, 1.54) is 5.56 Å². The fourth-order valence-electron chi connectivity index (χ4n) is 1.14. The number of nitrogen functional groups attached to an aromatic ring is 1. The predicted octanol–water partition coefficient (Wildman–Crippen LogP) is 1.68. The molecule has 84 valence electrons. The van der Waals surface area contributed by atoms with Crippen LogP contribution in [0.1, 0.15) is 5.56 Å². The lowest BCUT2D eigenvalue weighted by molar-refractivity contribution is 0.103. The third-order valence-corrected chi connectivity index (χ3v) is 2.93. The van der Waals surface area contributed by atoms with Gasteiger partial charge in [-0.1, -0.05) is 6.07 Å². The summed E-state index contributed by atoms with van der Waals surface area (Å²) in [6, 6.07) is 6.00. The summed E-state index contributed by atoms with van der Waals surface area (Å²) in [5.41, 5.74) is 7.85. The number of hydrogen-bond donors (Lipinski definition) is 2. The lowest BCUT2D eigenvalue weighted by Crippen LogP contribution is -2.02. The topological polar surface area (TPSA) is 55.5 Å². The van der Waals surface area contributed by atoms with Crippen molar-refractivity contribution in [1.82, 2.24) is 0 Å². The average Bonchev–Trinajstić information content (AvgIpc) is 2.23. The molecule has 0 heterocycles. The number of hydrogen-bond acceptors (Lipinski definition) is 4. The van der Waals surface area contributed by atoms with Gasteiger partial charge in [-0.05, 0) is 24.6 Å². The van der Waals surface area contributed by atoms with Crippen molar-refractivity contribution in [3.63, 3.8) is 0 Å². The quantitative estimate of drug-likeness (QED) is 0.441. The van der Waals surface area contributed by atoms with E-state index in [0.29, 0.717) is 13.2 Å². The van der Waals surface area contributed by atoms with Crippen LogP contribution >= 0.6 is 11.8 Å². The van der Waals surface area contributed by atoms with Crippen LogP contribution in [0.15, 0.2) is 23.1 Å². The van der Waals surface area contributed by atoms with Gasteiger partial charge in [0.05, 0.1) is 19.8 Å². The number of aryl methyl sites for hydroxylation is 1. The van der Waals surface area contributed by atoms with Gasteiger partial charge in [0.25, 0.3) is 0 Å². The highest BCUT2D eigenvalue weighted by atomic mass is 32.2. The van der Waals surface area contributed by atoms with Crippen LogP contribution in [-0.2, 0) is 4.74 Å². The fourth-order valence-corrected chi connectivity index (χ4v) is 2.07.